The Morgan fingerprint density at radius 2 is 1.92 bits per heavy atom. The fourth-order valence-electron chi connectivity index (χ4n) is 5.68. The Hall–Kier alpha value is -1.64. The van der Waals surface area contributed by atoms with Gasteiger partial charge in [-0.3, -0.25) is 14.7 Å². The predicted octanol–water partition coefficient (Wildman–Crippen LogP) is 1.16. The van der Waals surface area contributed by atoms with Crippen molar-refractivity contribution in [1.82, 2.24) is 5.32 Å². The topological polar surface area (TPSA) is 122 Å². The molecule has 3 atom stereocenters. The van der Waals surface area contributed by atoms with E-state index in [0.717, 1.165) is 43.4 Å². The van der Waals surface area contributed by atoms with E-state index >= 15 is 0 Å². The average Bonchev–Trinajstić information content (AvgIpc) is 3.05. The molecule has 1 amide bonds. The molecule has 3 aliphatic rings. The quantitative estimate of drug-likeness (QED) is 0.585. The summed E-state index contributed by atoms with van der Waals surface area (Å²) in [6.07, 6.45) is 5.30. The number of amides is 1. The second-order valence-electron chi connectivity index (χ2n) is 7.91. The van der Waals surface area contributed by atoms with Gasteiger partial charge in [0.25, 0.3) is 10.1 Å². The van der Waals surface area contributed by atoms with E-state index in [1.54, 1.807) is 0 Å². The molecular weight excluding hydrogens is 354 g/mol. The van der Waals surface area contributed by atoms with Gasteiger partial charge < -0.3 is 11.1 Å². The molecular formula is C18H25N3O4S. The summed E-state index contributed by atoms with van der Waals surface area (Å²) in [5.41, 5.74) is 6.53. The van der Waals surface area contributed by atoms with Gasteiger partial charge in [0.1, 0.15) is 0 Å². The van der Waals surface area contributed by atoms with Crippen molar-refractivity contribution in [3.8, 4) is 0 Å². The Balaban J connectivity index is 1.90. The first kappa shape index (κ1) is 17.8. The summed E-state index contributed by atoms with van der Waals surface area (Å²) in [5, 5.41) is 6.83. The highest BCUT2D eigenvalue weighted by atomic mass is 32.2. The molecule has 2 aliphatic heterocycles. The van der Waals surface area contributed by atoms with E-state index in [1.165, 1.54) is 0 Å². The van der Waals surface area contributed by atoms with Crippen LogP contribution in [0.25, 0.3) is 0 Å². The van der Waals surface area contributed by atoms with Crippen LogP contribution in [0.5, 0.6) is 0 Å². The van der Waals surface area contributed by atoms with Crippen LogP contribution in [-0.4, -0.2) is 42.3 Å². The number of carbonyl (C=O) groups is 1. The molecule has 4 rings (SSSR count). The number of carbonyl (C=O) groups excluding carboxylic acids is 1. The van der Waals surface area contributed by atoms with Crippen molar-refractivity contribution >= 4 is 21.7 Å². The maximum absolute atomic E-state index is 12.0. The summed E-state index contributed by atoms with van der Waals surface area (Å²) in [5.74, 6) is -0.807. The van der Waals surface area contributed by atoms with E-state index in [1.807, 2.05) is 24.3 Å². The van der Waals surface area contributed by atoms with Crippen LogP contribution in [0.4, 0.5) is 5.69 Å². The number of anilines is 1. The Morgan fingerprint density at radius 3 is 2.58 bits per heavy atom. The average molecular weight is 379 g/mol. The molecule has 8 heteroatoms. The zero-order valence-corrected chi connectivity index (χ0v) is 15.4. The Bertz CT molecular complexity index is 835. The number of nitrogens with one attached hydrogen (secondary N) is 2. The van der Waals surface area contributed by atoms with Gasteiger partial charge in [-0.15, -0.1) is 0 Å². The third kappa shape index (κ3) is 2.54. The van der Waals surface area contributed by atoms with Gasteiger partial charge in [-0.25, -0.2) is 0 Å². The third-order valence-corrected chi connectivity index (χ3v) is 7.35. The Kier molecular flexibility index (Phi) is 4.05. The summed E-state index contributed by atoms with van der Waals surface area (Å²) in [7, 11) is -4.19. The second-order valence-corrected chi connectivity index (χ2v) is 9.41. The van der Waals surface area contributed by atoms with Gasteiger partial charge in [-0.2, -0.15) is 8.42 Å². The lowest BCUT2D eigenvalue weighted by Gasteiger charge is -2.49. The maximum Gasteiger partial charge on any atom is 0.266 e. The first-order valence-corrected chi connectivity index (χ1v) is 10.8. The molecule has 7 nitrogen and oxygen atoms in total. The molecule has 2 heterocycles. The SMILES string of the molecule is NC(=O)C1CC2(c3ccccc3NC2CS(=O)(=O)O)C2(CCCCC2)N1. The number of hydrogen-bond donors (Lipinski definition) is 4. The van der Waals surface area contributed by atoms with E-state index in [9.17, 15) is 17.8 Å². The fourth-order valence-corrected chi connectivity index (χ4v) is 6.47. The molecule has 3 unspecified atom stereocenters. The van der Waals surface area contributed by atoms with Crippen molar-refractivity contribution < 1.29 is 17.8 Å². The van der Waals surface area contributed by atoms with Gasteiger partial charge in [-0.1, -0.05) is 37.5 Å². The molecule has 1 saturated carbocycles. The van der Waals surface area contributed by atoms with Crippen molar-refractivity contribution in [2.75, 3.05) is 11.1 Å². The summed E-state index contributed by atoms with van der Waals surface area (Å²) in [4.78, 5) is 12.0. The molecule has 1 saturated heterocycles. The van der Waals surface area contributed by atoms with Crippen LogP contribution in [0, 0.1) is 0 Å². The van der Waals surface area contributed by atoms with Crippen LogP contribution in [0.3, 0.4) is 0 Å². The highest BCUT2D eigenvalue weighted by molar-refractivity contribution is 7.85. The first-order valence-electron chi connectivity index (χ1n) is 9.16. The molecule has 1 aromatic carbocycles. The Morgan fingerprint density at radius 1 is 1.23 bits per heavy atom. The highest BCUT2D eigenvalue weighted by Crippen LogP contribution is 2.58. The van der Waals surface area contributed by atoms with Crippen LogP contribution in [0.15, 0.2) is 24.3 Å². The summed E-state index contributed by atoms with van der Waals surface area (Å²) < 4.78 is 33.1. The number of para-hydroxylation sites is 1. The number of rotatable bonds is 3. The summed E-state index contributed by atoms with van der Waals surface area (Å²) >= 11 is 0. The molecule has 0 bridgehead atoms. The van der Waals surface area contributed by atoms with Crippen molar-refractivity contribution in [2.45, 2.75) is 61.6 Å². The van der Waals surface area contributed by atoms with Gasteiger partial charge >= 0.3 is 0 Å². The highest BCUT2D eigenvalue weighted by Gasteiger charge is 2.66. The molecule has 5 N–H and O–H groups in total. The summed E-state index contributed by atoms with van der Waals surface area (Å²) in [6.45, 7) is 0. The van der Waals surface area contributed by atoms with Crippen LogP contribution in [0.2, 0.25) is 0 Å². The number of hydrogen-bond acceptors (Lipinski definition) is 5. The monoisotopic (exact) mass is 379 g/mol. The van der Waals surface area contributed by atoms with Crippen molar-refractivity contribution in [1.29, 1.82) is 0 Å². The number of benzene rings is 1. The van der Waals surface area contributed by atoms with E-state index in [0.29, 0.717) is 6.42 Å². The molecule has 1 aromatic rings. The zero-order chi connectivity index (χ0) is 18.6. The van der Waals surface area contributed by atoms with Crippen molar-refractivity contribution in [3.05, 3.63) is 29.8 Å². The van der Waals surface area contributed by atoms with Crippen molar-refractivity contribution in [2.24, 2.45) is 5.73 Å². The number of fused-ring (bicyclic) bond motifs is 3. The standard InChI is InChI=1S/C18H25N3O4S/c19-16(22)14-10-18(17(21-14)8-4-1-5-9-17)12-6-2-3-7-13(12)20-15(18)11-26(23,24)25/h2-3,6-7,14-15,20-21H,1,4-5,8-11H2,(H2,19,22)(H,23,24,25). The molecule has 2 spiro atoms. The molecule has 26 heavy (non-hydrogen) atoms. The van der Waals surface area contributed by atoms with E-state index in [-0.39, 0.29) is 0 Å². The predicted molar refractivity (Wildman–Crippen MR) is 98.5 cm³/mol. The second kappa shape index (κ2) is 5.94. The third-order valence-electron chi connectivity index (χ3n) is 6.59. The van der Waals surface area contributed by atoms with E-state index < -0.39 is 44.8 Å². The van der Waals surface area contributed by atoms with E-state index in [4.69, 9.17) is 5.73 Å². The minimum Gasteiger partial charge on any atom is -0.380 e. The normalized spacial score (nSPS) is 32.5. The molecule has 1 aliphatic carbocycles. The van der Waals surface area contributed by atoms with Crippen LogP contribution in [-0.2, 0) is 20.3 Å². The minimum atomic E-state index is -4.19. The zero-order valence-electron chi connectivity index (χ0n) is 14.6. The molecule has 2 fully saturated rings. The molecule has 0 radical (unpaired) electrons. The fraction of sp³-hybridized carbons (Fsp3) is 0.611. The van der Waals surface area contributed by atoms with Gasteiger partial charge in [0.05, 0.1) is 17.8 Å². The van der Waals surface area contributed by atoms with Gasteiger partial charge in [-0.05, 0) is 30.9 Å². The van der Waals surface area contributed by atoms with Gasteiger partial charge in [0, 0.05) is 16.6 Å². The lowest BCUT2D eigenvalue weighted by Crippen LogP contribution is -2.62. The van der Waals surface area contributed by atoms with Crippen LogP contribution < -0.4 is 16.4 Å². The minimum absolute atomic E-state index is 0.392. The maximum atomic E-state index is 12.0. The largest absolute Gasteiger partial charge is 0.380 e. The molecule has 142 valence electrons. The Labute approximate surface area is 153 Å². The lowest BCUT2D eigenvalue weighted by molar-refractivity contribution is -0.119. The molecule has 0 aromatic heterocycles. The van der Waals surface area contributed by atoms with E-state index in [2.05, 4.69) is 10.6 Å². The van der Waals surface area contributed by atoms with Gasteiger partial charge in [0.15, 0.2) is 0 Å². The first-order chi connectivity index (χ1) is 12.3. The van der Waals surface area contributed by atoms with Crippen LogP contribution in [0.1, 0.15) is 44.1 Å². The number of primary amides is 1. The lowest BCUT2D eigenvalue weighted by atomic mass is 9.58. The summed E-state index contributed by atoms with van der Waals surface area (Å²) in [6, 6.07) is 6.75. The smallest absolute Gasteiger partial charge is 0.266 e. The van der Waals surface area contributed by atoms with Crippen LogP contribution >= 0.6 is 0 Å². The van der Waals surface area contributed by atoms with Crippen molar-refractivity contribution in [3.63, 3.8) is 0 Å². The van der Waals surface area contributed by atoms with Gasteiger partial charge in [0.2, 0.25) is 5.91 Å². The number of nitrogens with two attached hydrogens (primary N) is 1.